The zero-order valence-corrected chi connectivity index (χ0v) is 33.9. The van der Waals surface area contributed by atoms with Gasteiger partial charge in [-0.3, -0.25) is 0 Å². The predicted molar refractivity (Wildman–Crippen MR) is 243 cm³/mol. The van der Waals surface area contributed by atoms with E-state index in [1.165, 1.54) is 12.1 Å². The van der Waals surface area contributed by atoms with Crippen molar-refractivity contribution in [3.8, 4) is 28.6 Å². The molecule has 0 atom stereocenters. The minimum atomic E-state index is -5.20. The molecule has 0 saturated carbocycles. The number of hydrogen-bond acceptors (Lipinski definition) is 1. The second-order valence-electron chi connectivity index (χ2n) is 16.3. The van der Waals surface area contributed by atoms with E-state index in [0.717, 1.165) is 60.5 Å². The minimum absolute atomic E-state index is 0.110. The second-order valence-corrected chi connectivity index (χ2v) is 16.3. The first-order valence-electron chi connectivity index (χ1n) is 20.5. The second kappa shape index (κ2) is 13.0. The fourth-order valence-electron chi connectivity index (χ4n) is 10.5. The number of rotatable bonds is 3. The van der Waals surface area contributed by atoms with Gasteiger partial charge in [0, 0.05) is 79.3 Å². The van der Waals surface area contributed by atoms with E-state index < -0.39 is 34.6 Å². The summed E-state index contributed by atoms with van der Waals surface area (Å²) in [5.41, 5.74) is 1.54. The van der Waals surface area contributed by atoms with Crippen LogP contribution in [0.4, 0.5) is 26.3 Å². The number of aromatic nitrogens is 4. The lowest BCUT2D eigenvalue weighted by Crippen LogP contribution is -2.16. The summed E-state index contributed by atoms with van der Waals surface area (Å²) in [7, 11) is 3.86. The highest BCUT2D eigenvalue weighted by Crippen LogP contribution is 2.50. The lowest BCUT2D eigenvalue weighted by molar-refractivity contribution is -0.142. The molecule has 0 saturated heterocycles. The Morgan fingerprint density at radius 3 is 1.25 bits per heavy atom. The number of hydrogen-bond donors (Lipinski definition) is 0. The number of aryl methyl sites for hydroxylation is 2. The van der Waals surface area contributed by atoms with Crippen LogP contribution in [0.25, 0.3) is 110 Å². The first kappa shape index (κ1) is 37.8. The first-order valence-corrected chi connectivity index (χ1v) is 20.5. The van der Waals surface area contributed by atoms with Crippen LogP contribution < -0.4 is 0 Å². The molecule has 12 rings (SSSR count). The highest BCUT2D eigenvalue weighted by molar-refractivity contribution is 6.25. The van der Waals surface area contributed by atoms with Gasteiger partial charge >= 0.3 is 12.4 Å². The molecule has 64 heavy (non-hydrogen) atoms. The zero-order chi connectivity index (χ0) is 44.0. The van der Waals surface area contributed by atoms with E-state index in [2.05, 4.69) is 16.7 Å². The third-order valence-corrected chi connectivity index (χ3v) is 13.1. The Hall–Kier alpha value is -7.97. The van der Waals surface area contributed by atoms with E-state index in [-0.39, 0.29) is 11.3 Å². The molecule has 0 unspecified atom stereocenters. The quantitative estimate of drug-likeness (QED) is 0.163. The van der Waals surface area contributed by atoms with Crippen LogP contribution in [0.1, 0.15) is 16.7 Å². The van der Waals surface area contributed by atoms with Gasteiger partial charge in [0.25, 0.3) is 0 Å². The maximum Gasteiger partial charge on any atom is 0.417 e. The normalized spacial score (nSPS) is 12.7. The van der Waals surface area contributed by atoms with Crippen LogP contribution in [0.2, 0.25) is 0 Å². The van der Waals surface area contributed by atoms with Crippen molar-refractivity contribution in [1.29, 1.82) is 5.26 Å². The van der Waals surface area contributed by atoms with Crippen LogP contribution in [0.15, 0.2) is 152 Å². The molecule has 4 aromatic heterocycles. The van der Waals surface area contributed by atoms with E-state index in [0.29, 0.717) is 50.7 Å². The lowest BCUT2D eigenvalue weighted by Gasteiger charge is -2.24. The molecular weight excluding hydrogens is 821 g/mol. The average Bonchev–Trinajstić information content (AvgIpc) is 4.00. The molecule has 8 aromatic carbocycles. The maximum atomic E-state index is 15.3. The molecule has 0 amide bonds. The number of halogens is 6. The predicted octanol–water partition coefficient (Wildman–Crippen LogP) is 14.7. The van der Waals surface area contributed by atoms with Crippen molar-refractivity contribution in [2.45, 2.75) is 12.4 Å². The Balaban J connectivity index is 1.35. The van der Waals surface area contributed by atoms with Gasteiger partial charge in [0.1, 0.15) is 11.6 Å². The van der Waals surface area contributed by atoms with Crippen molar-refractivity contribution < 1.29 is 26.3 Å². The summed E-state index contributed by atoms with van der Waals surface area (Å²) >= 11 is 0. The number of alkyl halides is 6. The fraction of sp³-hybridized carbons (Fsp3) is 0.0755. The summed E-state index contributed by atoms with van der Waals surface area (Å²) in [5.74, 6) is 0. The summed E-state index contributed by atoms with van der Waals surface area (Å²) < 4.78 is 99.7. The van der Waals surface area contributed by atoms with Gasteiger partial charge in [-0.05, 0) is 42.5 Å². The Morgan fingerprint density at radius 2 is 0.797 bits per heavy atom. The molecule has 0 bridgehead atoms. The summed E-state index contributed by atoms with van der Waals surface area (Å²) in [5, 5.41) is 18.6. The van der Waals surface area contributed by atoms with Crippen LogP contribution in [0, 0.1) is 11.3 Å². The molecule has 0 fully saturated rings. The van der Waals surface area contributed by atoms with Gasteiger partial charge in [-0.2, -0.15) is 31.6 Å². The van der Waals surface area contributed by atoms with Crippen LogP contribution in [0.3, 0.4) is 0 Å². The maximum absolute atomic E-state index is 15.3. The van der Waals surface area contributed by atoms with Gasteiger partial charge in [-0.1, -0.05) is 109 Å². The van der Waals surface area contributed by atoms with E-state index in [4.69, 9.17) is 0 Å². The zero-order valence-electron chi connectivity index (χ0n) is 33.9. The van der Waals surface area contributed by atoms with Crippen molar-refractivity contribution in [3.05, 3.63) is 168 Å². The van der Waals surface area contributed by atoms with Gasteiger partial charge < -0.3 is 18.3 Å². The highest BCUT2D eigenvalue weighted by atomic mass is 19.4. The van der Waals surface area contributed by atoms with Crippen molar-refractivity contribution in [1.82, 2.24) is 18.3 Å². The first-order chi connectivity index (χ1) is 30.9. The summed E-state index contributed by atoms with van der Waals surface area (Å²) in [6.45, 7) is 0. The van der Waals surface area contributed by atoms with E-state index in [1.807, 2.05) is 126 Å². The van der Waals surface area contributed by atoms with E-state index in [1.54, 1.807) is 16.7 Å². The molecule has 5 nitrogen and oxygen atoms in total. The Kier molecular flexibility index (Phi) is 7.69. The molecule has 0 radical (unpaired) electrons. The number of para-hydroxylation sites is 4. The molecule has 0 aliphatic carbocycles. The van der Waals surface area contributed by atoms with Gasteiger partial charge in [0.2, 0.25) is 0 Å². The SMILES string of the molecule is Cn1c2ccccc2c2ccc3c4ccccc4n(-c4ccc(-c5c(C(F)(F)F)cccc5C(F)(F)F)c(-n5c6ccccc6c6ccc7c8ccccc8n(C)c7c65)c4C#N)c3c21. The molecule has 0 aliphatic heterocycles. The van der Waals surface area contributed by atoms with Gasteiger partial charge in [0.15, 0.2) is 0 Å². The molecule has 0 N–H and O–H groups in total. The molecular formula is C53H31F6N5. The van der Waals surface area contributed by atoms with E-state index in [9.17, 15) is 5.26 Å². The van der Waals surface area contributed by atoms with Crippen LogP contribution in [-0.2, 0) is 26.4 Å². The molecule has 310 valence electrons. The van der Waals surface area contributed by atoms with Crippen LogP contribution in [-0.4, -0.2) is 18.3 Å². The summed E-state index contributed by atoms with van der Waals surface area (Å²) in [6, 6.07) is 46.1. The molecule has 12 aromatic rings. The van der Waals surface area contributed by atoms with Gasteiger partial charge in [-0.15, -0.1) is 0 Å². The number of nitriles is 1. The summed E-state index contributed by atoms with van der Waals surface area (Å²) in [4.78, 5) is 0. The number of benzene rings is 8. The standard InChI is InChI=1S/C53H31F6N5/c1-61-41-18-7-3-12-29(41)33-22-24-35-31-14-5-9-20-43(31)63(50(35)48(33)61)45-27-26-37(46-39(52(54,55)56)16-11-17-40(46)53(57,58)59)47(38(45)28-60)64-44-21-10-6-15-32(44)36-25-23-34-30-13-4-8-19-42(30)62(2)49(34)51(36)64/h3-27H,1-2H3. The number of fused-ring (bicyclic) bond motifs is 14. The molecule has 11 heteroatoms. The number of nitrogens with zero attached hydrogens (tertiary/aromatic N) is 5. The average molecular weight is 852 g/mol. The largest absolute Gasteiger partial charge is 0.417 e. The highest BCUT2D eigenvalue weighted by Gasteiger charge is 2.42. The lowest BCUT2D eigenvalue weighted by atomic mass is 9.90. The third-order valence-electron chi connectivity index (χ3n) is 13.1. The topological polar surface area (TPSA) is 43.5 Å². The Morgan fingerprint density at radius 1 is 0.406 bits per heavy atom. The van der Waals surface area contributed by atoms with Crippen LogP contribution in [0.5, 0.6) is 0 Å². The van der Waals surface area contributed by atoms with Crippen molar-refractivity contribution in [2.24, 2.45) is 14.1 Å². The molecule has 0 spiro atoms. The Bertz CT molecular complexity index is 4000. The summed E-state index contributed by atoms with van der Waals surface area (Å²) in [6.07, 6.45) is -10.4. The van der Waals surface area contributed by atoms with Gasteiger partial charge in [-0.25, -0.2) is 0 Å². The third kappa shape index (κ3) is 4.96. The van der Waals surface area contributed by atoms with E-state index >= 15 is 26.3 Å². The minimum Gasteiger partial charge on any atom is -0.342 e. The molecule has 0 aliphatic rings. The van der Waals surface area contributed by atoms with Crippen molar-refractivity contribution in [2.75, 3.05) is 0 Å². The van der Waals surface area contributed by atoms with Crippen molar-refractivity contribution in [3.63, 3.8) is 0 Å². The fourth-order valence-corrected chi connectivity index (χ4v) is 10.5. The monoisotopic (exact) mass is 851 g/mol. The van der Waals surface area contributed by atoms with Gasteiger partial charge in [0.05, 0.1) is 55.6 Å². The van der Waals surface area contributed by atoms with Crippen molar-refractivity contribution >= 4 is 87.2 Å². The Labute approximate surface area is 359 Å². The van der Waals surface area contributed by atoms with Crippen LogP contribution >= 0.6 is 0 Å². The molecule has 4 heterocycles. The smallest absolute Gasteiger partial charge is 0.342 e.